The van der Waals surface area contributed by atoms with Crippen LogP contribution in [0.15, 0.2) is 30.5 Å². The van der Waals surface area contributed by atoms with E-state index in [2.05, 4.69) is 50.1 Å². The molecule has 0 aliphatic heterocycles. The first kappa shape index (κ1) is 15.3. The Morgan fingerprint density at radius 2 is 1.95 bits per heavy atom. The summed E-state index contributed by atoms with van der Waals surface area (Å²) >= 11 is 6.07. The molecule has 0 radical (unpaired) electrons. The molecule has 2 unspecified atom stereocenters. The average molecular weight is 291 g/mol. The first-order valence-corrected chi connectivity index (χ1v) is 7.70. The Hall–Kier alpha value is -1.12. The van der Waals surface area contributed by atoms with Crippen LogP contribution < -0.4 is 5.32 Å². The van der Waals surface area contributed by atoms with Crippen LogP contribution in [0.1, 0.15) is 39.2 Å². The van der Waals surface area contributed by atoms with Crippen molar-refractivity contribution in [3.05, 3.63) is 41.0 Å². The average Bonchev–Trinajstić information content (AvgIpc) is 2.38. The number of benzene rings is 1. The van der Waals surface area contributed by atoms with E-state index in [4.69, 9.17) is 11.6 Å². The van der Waals surface area contributed by atoms with Gasteiger partial charge in [-0.1, -0.05) is 38.4 Å². The third-order valence-electron chi connectivity index (χ3n) is 3.88. The second-order valence-corrected chi connectivity index (χ2v) is 6.11. The molecule has 0 amide bonds. The SMILES string of the molecule is CCNC(C)C(c1ccnc2cc(Cl)ccc12)C(C)C. The number of hydrogen-bond acceptors (Lipinski definition) is 2. The Bertz CT molecular complexity index is 580. The summed E-state index contributed by atoms with van der Waals surface area (Å²) in [5.74, 6) is 1.02. The highest BCUT2D eigenvalue weighted by molar-refractivity contribution is 6.31. The van der Waals surface area contributed by atoms with Gasteiger partial charge in [0, 0.05) is 28.6 Å². The van der Waals surface area contributed by atoms with Gasteiger partial charge in [0.15, 0.2) is 0 Å². The number of fused-ring (bicyclic) bond motifs is 1. The number of likely N-dealkylation sites (N-methyl/N-ethyl adjacent to an activating group) is 1. The molecule has 108 valence electrons. The van der Waals surface area contributed by atoms with E-state index >= 15 is 0 Å². The summed E-state index contributed by atoms with van der Waals surface area (Å²) in [6.07, 6.45) is 1.89. The molecule has 0 saturated carbocycles. The van der Waals surface area contributed by atoms with Crippen molar-refractivity contribution in [2.24, 2.45) is 5.92 Å². The summed E-state index contributed by atoms with van der Waals surface area (Å²) < 4.78 is 0. The molecule has 3 heteroatoms. The molecule has 2 nitrogen and oxygen atoms in total. The number of halogens is 1. The maximum atomic E-state index is 6.07. The van der Waals surface area contributed by atoms with E-state index in [0.717, 1.165) is 17.1 Å². The van der Waals surface area contributed by atoms with Crippen LogP contribution in [-0.4, -0.2) is 17.6 Å². The molecule has 2 aromatic rings. The first-order valence-electron chi connectivity index (χ1n) is 7.32. The standard InChI is InChI=1S/C17H23ClN2/c1-5-19-12(4)17(11(2)3)15-8-9-20-16-10-13(18)6-7-14(15)16/h6-12,17,19H,5H2,1-4H3. The maximum Gasteiger partial charge on any atom is 0.0719 e. The Balaban J connectivity index is 2.53. The van der Waals surface area contributed by atoms with Crippen molar-refractivity contribution in [1.29, 1.82) is 0 Å². The minimum Gasteiger partial charge on any atom is -0.314 e. The van der Waals surface area contributed by atoms with Crippen molar-refractivity contribution in [3.8, 4) is 0 Å². The lowest BCUT2D eigenvalue weighted by Crippen LogP contribution is -2.34. The van der Waals surface area contributed by atoms with Crippen molar-refractivity contribution in [2.45, 2.75) is 39.7 Å². The number of pyridine rings is 1. The number of hydrogen-bond donors (Lipinski definition) is 1. The number of nitrogens with one attached hydrogen (secondary N) is 1. The Morgan fingerprint density at radius 3 is 2.60 bits per heavy atom. The highest BCUT2D eigenvalue weighted by Gasteiger charge is 2.24. The van der Waals surface area contributed by atoms with Crippen LogP contribution in [-0.2, 0) is 0 Å². The third-order valence-corrected chi connectivity index (χ3v) is 4.12. The molecule has 0 aliphatic carbocycles. The normalized spacial score (nSPS) is 14.7. The molecule has 0 aliphatic rings. The molecular weight excluding hydrogens is 268 g/mol. The zero-order valence-corrected chi connectivity index (χ0v) is 13.4. The maximum absolute atomic E-state index is 6.07. The van der Waals surface area contributed by atoms with Crippen LogP contribution in [0, 0.1) is 5.92 Å². The van der Waals surface area contributed by atoms with E-state index in [9.17, 15) is 0 Å². The predicted molar refractivity (Wildman–Crippen MR) is 87.5 cm³/mol. The topological polar surface area (TPSA) is 24.9 Å². The van der Waals surface area contributed by atoms with Gasteiger partial charge in [-0.15, -0.1) is 0 Å². The van der Waals surface area contributed by atoms with Crippen LogP contribution in [0.5, 0.6) is 0 Å². The summed E-state index contributed by atoms with van der Waals surface area (Å²) in [6, 6.07) is 8.56. The lowest BCUT2D eigenvalue weighted by molar-refractivity contribution is 0.385. The minimum atomic E-state index is 0.432. The summed E-state index contributed by atoms with van der Waals surface area (Å²) in [7, 11) is 0. The summed E-state index contributed by atoms with van der Waals surface area (Å²) in [5.41, 5.74) is 2.33. The van der Waals surface area contributed by atoms with Crippen LogP contribution in [0.2, 0.25) is 5.02 Å². The third kappa shape index (κ3) is 3.13. The second-order valence-electron chi connectivity index (χ2n) is 5.68. The van der Waals surface area contributed by atoms with E-state index in [1.807, 2.05) is 18.3 Å². The molecular formula is C17H23ClN2. The van der Waals surface area contributed by atoms with Gasteiger partial charge < -0.3 is 5.32 Å². The van der Waals surface area contributed by atoms with Gasteiger partial charge in [0.25, 0.3) is 0 Å². The molecule has 1 aromatic heterocycles. The highest BCUT2D eigenvalue weighted by Crippen LogP contribution is 2.33. The number of rotatable bonds is 5. The van der Waals surface area contributed by atoms with Gasteiger partial charge in [-0.05, 0) is 43.1 Å². The Morgan fingerprint density at radius 1 is 1.20 bits per heavy atom. The van der Waals surface area contributed by atoms with Crippen molar-refractivity contribution in [3.63, 3.8) is 0 Å². The molecule has 1 N–H and O–H groups in total. The largest absolute Gasteiger partial charge is 0.314 e. The lowest BCUT2D eigenvalue weighted by atomic mass is 9.81. The van der Waals surface area contributed by atoms with Crippen LogP contribution in [0.3, 0.4) is 0 Å². The molecule has 2 rings (SSSR count). The van der Waals surface area contributed by atoms with Gasteiger partial charge in [0.2, 0.25) is 0 Å². The zero-order chi connectivity index (χ0) is 14.7. The fourth-order valence-electron chi connectivity index (χ4n) is 3.09. The van der Waals surface area contributed by atoms with E-state index in [-0.39, 0.29) is 0 Å². The van der Waals surface area contributed by atoms with Gasteiger partial charge >= 0.3 is 0 Å². The zero-order valence-electron chi connectivity index (χ0n) is 12.7. The fraction of sp³-hybridized carbons (Fsp3) is 0.471. The quantitative estimate of drug-likeness (QED) is 0.869. The summed E-state index contributed by atoms with van der Waals surface area (Å²) in [5, 5.41) is 5.50. The molecule has 0 spiro atoms. The predicted octanol–water partition coefficient (Wildman–Crippen LogP) is 4.63. The van der Waals surface area contributed by atoms with Gasteiger partial charge in [0.1, 0.15) is 0 Å². The van der Waals surface area contributed by atoms with Gasteiger partial charge in [-0.2, -0.15) is 0 Å². The Labute approximate surface area is 126 Å². The van der Waals surface area contributed by atoms with E-state index < -0.39 is 0 Å². The lowest BCUT2D eigenvalue weighted by Gasteiger charge is -2.29. The molecule has 0 saturated heterocycles. The smallest absolute Gasteiger partial charge is 0.0719 e. The molecule has 1 aromatic carbocycles. The molecule has 20 heavy (non-hydrogen) atoms. The van der Waals surface area contributed by atoms with E-state index in [1.54, 1.807) is 0 Å². The van der Waals surface area contributed by atoms with E-state index in [1.165, 1.54) is 10.9 Å². The van der Waals surface area contributed by atoms with Crippen molar-refractivity contribution < 1.29 is 0 Å². The Kier molecular flexibility index (Phi) is 5.00. The number of nitrogens with zero attached hydrogens (tertiary/aromatic N) is 1. The van der Waals surface area contributed by atoms with Gasteiger partial charge in [0.05, 0.1) is 5.52 Å². The molecule has 2 atom stereocenters. The van der Waals surface area contributed by atoms with Gasteiger partial charge in [-0.25, -0.2) is 0 Å². The van der Waals surface area contributed by atoms with Crippen molar-refractivity contribution >= 4 is 22.5 Å². The monoisotopic (exact) mass is 290 g/mol. The summed E-state index contributed by atoms with van der Waals surface area (Å²) in [6.45, 7) is 9.95. The minimum absolute atomic E-state index is 0.432. The van der Waals surface area contributed by atoms with E-state index in [0.29, 0.717) is 17.9 Å². The molecule has 1 heterocycles. The van der Waals surface area contributed by atoms with Gasteiger partial charge in [-0.3, -0.25) is 4.98 Å². The fourth-order valence-corrected chi connectivity index (χ4v) is 3.26. The van der Waals surface area contributed by atoms with Crippen LogP contribution in [0.4, 0.5) is 0 Å². The molecule has 0 bridgehead atoms. The molecule has 0 fully saturated rings. The highest BCUT2D eigenvalue weighted by atomic mass is 35.5. The van der Waals surface area contributed by atoms with Crippen molar-refractivity contribution in [1.82, 2.24) is 10.3 Å². The van der Waals surface area contributed by atoms with Crippen LogP contribution in [0.25, 0.3) is 10.9 Å². The first-order chi connectivity index (χ1) is 9.54. The van der Waals surface area contributed by atoms with Crippen LogP contribution >= 0.6 is 11.6 Å². The van der Waals surface area contributed by atoms with Crippen molar-refractivity contribution in [2.75, 3.05) is 6.54 Å². The summed E-state index contributed by atoms with van der Waals surface area (Å²) in [4.78, 5) is 4.44. The number of aromatic nitrogens is 1. The second kappa shape index (κ2) is 6.55.